The van der Waals surface area contributed by atoms with Gasteiger partial charge in [0, 0.05) is 12.6 Å². The van der Waals surface area contributed by atoms with Crippen molar-refractivity contribution in [2.75, 3.05) is 7.05 Å². The number of ether oxygens (including phenoxy) is 1. The highest BCUT2D eigenvalue weighted by atomic mass is 35.5. The molecule has 0 spiro atoms. The van der Waals surface area contributed by atoms with Gasteiger partial charge in [-0.3, -0.25) is 10.1 Å². The highest BCUT2D eigenvalue weighted by Gasteiger charge is 2.18. The molecule has 0 aliphatic heterocycles. The maximum absolute atomic E-state index is 11.0. The molecule has 0 aromatic heterocycles. The van der Waals surface area contributed by atoms with Crippen LogP contribution >= 0.6 is 11.6 Å². The average molecular weight is 293 g/mol. The molecule has 0 aliphatic carbocycles. The molecule has 0 heterocycles. The van der Waals surface area contributed by atoms with Gasteiger partial charge in [0.2, 0.25) is 5.75 Å². The highest BCUT2D eigenvalue weighted by Crippen LogP contribution is 2.37. The normalized spacial score (nSPS) is 10.3. The van der Waals surface area contributed by atoms with E-state index in [-0.39, 0.29) is 16.5 Å². The fourth-order valence-corrected chi connectivity index (χ4v) is 1.99. The fourth-order valence-electron chi connectivity index (χ4n) is 1.78. The number of hydrogen-bond donors (Lipinski definition) is 1. The van der Waals surface area contributed by atoms with Crippen molar-refractivity contribution in [3.8, 4) is 11.5 Å². The molecule has 2 aromatic carbocycles. The quantitative estimate of drug-likeness (QED) is 0.673. The van der Waals surface area contributed by atoms with Crippen LogP contribution in [-0.2, 0) is 6.54 Å². The van der Waals surface area contributed by atoms with Crippen molar-refractivity contribution in [1.29, 1.82) is 0 Å². The molecule has 0 fully saturated rings. The van der Waals surface area contributed by atoms with Crippen LogP contribution in [0.2, 0.25) is 5.02 Å². The second kappa shape index (κ2) is 6.36. The van der Waals surface area contributed by atoms with Crippen LogP contribution in [-0.4, -0.2) is 12.0 Å². The molecule has 0 saturated carbocycles. The molecule has 0 bridgehead atoms. The fraction of sp³-hybridized carbons (Fsp3) is 0.143. The van der Waals surface area contributed by atoms with Crippen LogP contribution in [0.25, 0.3) is 0 Å². The van der Waals surface area contributed by atoms with Crippen LogP contribution in [0.15, 0.2) is 42.5 Å². The van der Waals surface area contributed by atoms with Gasteiger partial charge < -0.3 is 10.1 Å². The minimum absolute atomic E-state index is 0.0563. The van der Waals surface area contributed by atoms with Crippen LogP contribution in [0.5, 0.6) is 11.5 Å². The third kappa shape index (κ3) is 3.26. The predicted molar refractivity (Wildman–Crippen MR) is 77.4 cm³/mol. The van der Waals surface area contributed by atoms with Gasteiger partial charge in [0.15, 0.2) is 0 Å². The Morgan fingerprint density at radius 3 is 2.75 bits per heavy atom. The third-order valence-electron chi connectivity index (χ3n) is 2.64. The monoisotopic (exact) mass is 292 g/mol. The largest absolute Gasteiger partial charge is 0.449 e. The van der Waals surface area contributed by atoms with Gasteiger partial charge in [-0.05, 0) is 30.8 Å². The molecule has 0 aliphatic rings. The lowest BCUT2D eigenvalue weighted by atomic mass is 10.2. The number of para-hydroxylation sites is 1. The third-order valence-corrected chi connectivity index (χ3v) is 2.94. The van der Waals surface area contributed by atoms with Crippen molar-refractivity contribution in [2.45, 2.75) is 6.54 Å². The molecular formula is C14H13ClN2O3. The summed E-state index contributed by atoms with van der Waals surface area (Å²) in [5.41, 5.74) is 0.858. The van der Waals surface area contributed by atoms with E-state index in [1.54, 1.807) is 12.1 Å². The zero-order valence-corrected chi connectivity index (χ0v) is 11.6. The van der Waals surface area contributed by atoms with Crippen molar-refractivity contribution >= 4 is 17.3 Å². The molecule has 2 rings (SSSR count). The summed E-state index contributed by atoms with van der Waals surface area (Å²) in [7, 11) is 1.84. The lowest BCUT2D eigenvalue weighted by Crippen LogP contribution is -2.04. The molecule has 104 valence electrons. The Morgan fingerprint density at radius 2 is 2.05 bits per heavy atom. The lowest BCUT2D eigenvalue weighted by Gasteiger charge is -2.09. The first kappa shape index (κ1) is 14.3. The van der Waals surface area contributed by atoms with Gasteiger partial charge in [0.1, 0.15) is 5.75 Å². The Hall–Kier alpha value is -2.11. The lowest BCUT2D eigenvalue weighted by molar-refractivity contribution is -0.385. The van der Waals surface area contributed by atoms with Gasteiger partial charge in [0.05, 0.1) is 9.95 Å². The van der Waals surface area contributed by atoms with Crippen LogP contribution in [0.1, 0.15) is 5.56 Å². The van der Waals surface area contributed by atoms with E-state index in [9.17, 15) is 10.1 Å². The van der Waals surface area contributed by atoms with Crippen molar-refractivity contribution in [1.82, 2.24) is 5.32 Å². The summed E-state index contributed by atoms with van der Waals surface area (Å²) in [5, 5.41) is 14.2. The van der Waals surface area contributed by atoms with Crippen molar-refractivity contribution in [2.24, 2.45) is 0 Å². The summed E-state index contributed by atoms with van der Waals surface area (Å²) in [6.45, 7) is 0.682. The first-order valence-electron chi connectivity index (χ1n) is 5.96. The molecule has 0 saturated heterocycles. The van der Waals surface area contributed by atoms with E-state index in [0.29, 0.717) is 12.3 Å². The molecule has 20 heavy (non-hydrogen) atoms. The molecule has 2 aromatic rings. The van der Waals surface area contributed by atoms with Crippen molar-refractivity contribution in [3.05, 3.63) is 63.2 Å². The molecule has 5 nitrogen and oxygen atoms in total. The topological polar surface area (TPSA) is 64.4 Å². The summed E-state index contributed by atoms with van der Waals surface area (Å²) >= 11 is 5.98. The zero-order valence-electron chi connectivity index (χ0n) is 10.8. The number of benzene rings is 2. The summed E-state index contributed by atoms with van der Waals surface area (Å²) in [6.07, 6.45) is 0. The number of nitrogens with zero attached hydrogens (tertiary/aromatic N) is 1. The second-order valence-electron chi connectivity index (χ2n) is 4.12. The first-order chi connectivity index (χ1) is 9.61. The molecule has 0 atom stereocenters. The van der Waals surface area contributed by atoms with Gasteiger partial charge >= 0.3 is 5.69 Å². The number of nitro groups is 1. The molecular weight excluding hydrogens is 280 g/mol. The minimum atomic E-state index is -0.515. The number of hydrogen-bond acceptors (Lipinski definition) is 4. The highest BCUT2D eigenvalue weighted by molar-refractivity contribution is 6.32. The SMILES string of the molecule is CNCc1cccc(Oc2c(Cl)cccc2[N+](=O)[O-])c1. The van der Waals surface area contributed by atoms with Crippen molar-refractivity contribution < 1.29 is 9.66 Å². The Kier molecular flexibility index (Phi) is 4.55. The maximum Gasteiger partial charge on any atom is 0.313 e. The van der Waals surface area contributed by atoms with Gasteiger partial charge in [-0.15, -0.1) is 0 Å². The van der Waals surface area contributed by atoms with Crippen LogP contribution in [0.4, 0.5) is 5.69 Å². The van der Waals surface area contributed by atoms with E-state index in [1.807, 2.05) is 25.2 Å². The van der Waals surface area contributed by atoms with Gasteiger partial charge in [-0.2, -0.15) is 0 Å². The van der Waals surface area contributed by atoms with E-state index in [4.69, 9.17) is 16.3 Å². The summed E-state index contributed by atoms with van der Waals surface area (Å²) < 4.78 is 5.59. The van der Waals surface area contributed by atoms with Crippen LogP contribution in [0, 0.1) is 10.1 Å². The maximum atomic E-state index is 11.0. The van der Waals surface area contributed by atoms with Gasteiger partial charge in [0.25, 0.3) is 0 Å². The van der Waals surface area contributed by atoms with Crippen LogP contribution in [0.3, 0.4) is 0 Å². The predicted octanol–water partition coefficient (Wildman–Crippen LogP) is 3.76. The van der Waals surface area contributed by atoms with E-state index in [2.05, 4.69) is 5.32 Å². The Balaban J connectivity index is 2.34. The number of nitro benzene ring substituents is 1. The van der Waals surface area contributed by atoms with E-state index in [0.717, 1.165) is 5.56 Å². The van der Waals surface area contributed by atoms with E-state index < -0.39 is 4.92 Å². The van der Waals surface area contributed by atoms with Crippen LogP contribution < -0.4 is 10.1 Å². The Bertz CT molecular complexity index is 632. The van der Waals surface area contributed by atoms with Crippen molar-refractivity contribution in [3.63, 3.8) is 0 Å². The zero-order chi connectivity index (χ0) is 14.5. The molecule has 0 unspecified atom stereocenters. The minimum Gasteiger partial charge on any atom is -0.449 e. The molecule has 0 amide bonds. The van der Waals surface area contributed by atoms with E-state index >= 15 is 0 Å². The number of halogens is 1. The Labute approximate surface area is 121 Å². The summed E-state index contributed by atoms with van der Waals surface area (Å²) in [4.78, 5) is 10.5. The smallest absolute Gasteiger partial charge is 0.313 e. The van der Waals surface area contributed by atoms with Gasteiger partial charge in [-0.25, -0.2) is 0 Å². The first-order valence-corrected chi connectivity index (χ1v) is 6.34. The van der Waals surface area contributed by atoms with Gasteiger partial charge in [-0.1, -0.05) is 29.8 Å². The summed E-state index contributed by atoms with van der Waals surface area (Å²) in [5.74, 6) is 0.565. The standard InChI is InChI=1S/C14H13ClN2O3/c1-16-9-10-4-2-5-11(8-10)20-14-12(15)6-3-7-13(14)17(18)19/h2-8,16H,9H2,1H3. The summed E-state index contributed by atoms with van der Waals surface area (Å²) in [6, 6.07) is 11.7. The molecule has 1 N–H and O–H groups in total. The van der Waals surface area contributed by atoms with E-state index in [1.165, 1.54) is 12.1 Å². The Morgan fingerprint density at radius 1 is 1.30 bits per heavy atom. The number of rotatable bonds is 5. The molecule has 6 heteroatoms. The average Bonchev–Trinajstić information content (AvgIpc) is 2.41. The number of nitrogens with one attached hydrogen (secondary N) is 1. The molecule has 0 radical (unpaired) electrons. The second-order valence-corrected chi connectivity index (χ2v) is 4.53.